The second kappa shape index (κ2) is 7.72. The largest absolute Gasteiger partial charge is 0.0619 e. The molecule has 0 heterocycles. The van der Waals surface area contributed by atoms with Gasteiger partial charge in [-0.1, -0.05) is 130 Å². The summed E-state index contributed by atoms with van der Waals surface area (Å²) >= 11 is 0. The molecule has 0 atom stereocenters. The van der Waals surface area contributed by atoms with Gasteiger partial charge in [0.25, 0.3) is 0 Å². The van der Waals surface area contributed by atoms with Crippen LogP contribution in [0.5, 0.6) is 0 Å². The van der Waals surface area contributed by atoms with E-state index in [1.807, 2.05) is 0 Å². The smallest absolute Gasteiger partial charge is 0.0159 e. The maximum atomic E-state index is 2.50. The summed E-state index contributed by atoms with van der Waals surface area (Å²) in [6.45, 7) is 23.6. The molecule has 2 aliphatic carbocycles. The minimum absolute atomic E-state index is 0.00840. The topological polar surface area (TPSA) is 0 Å². The van der Waals surface area contributed by atoms with Gasteiger partial charge < -0.3 is 0 Å². The van der Waals surface area contributed by atoms with Gasteiger partial charge in [-0.25, -0.2) is 0 Å². The third-order valence-corrected chi connectivity index (χ3v) is 9.40. The predicted octanol–water partition coefficient (Wildman–Crippen LogP) is 10.6. The second-order valence-electron chi connectivity index (χ2n) is 14.8. The van der Waals surface area contributed by atoms with E-state index in [1.54, 1.807) is 0 Å². The van der Waals surface area contributed by atoms with Crippen LogP contribution in [0.1, 0.15) is 103 Å². The first kappa shape index (κ1) is 25.2. The van der Waals surface area contributed by atoms with Gasteiger partial charge in [0.05, 0.1) is 0 Å². The van der Waals surface area contributed by atoms with Crippen LogP contribution in [0.2, 0.25) is 0 Å². The molecule has 0 spiro atoms. The first-order chi connectivity index (χ1) is 17.6. The van der Waals surface area contributed by atoms with Crippen LogP contribution < -0.4 is 0 Å². The van der Waals surface area contributed by atoms with E-state index in [2.05, 4.69) is 142 Å². The minimum Gasteiger partial charge on any atom is -0.0619 e. The number of hydrogen-bond acceptors (Lipinski definition) is 0. The molecular formula is C38H42. The van der Waals surface area contributed by atoms with Crippen molar-refractivity contribution in [2.75, 3.05) is 0 Å². The van der Waals surface area contributed by atoms with Gasteiger partial charge in [-0.15, -0.1) is 0 Å². The summed E-state index contributed by atoms with van der Waals surface area (Å²) in [5.41, 5.74) is 17.0. The van der Waals surface area contributed by atoms with Crippen LogP contribution in [-0.2, 0) is 21.7 Å². The van der Waals surface area contributed by atoms with Gasteiger partial charge in [0.1, 0.15) is 0 Å². The summed E-state index contributed by atoms with van der Waals surface area (Å²) in [6.07, 6.45) is 0. The van der Waals surface area contributed by atoms with Crippen LogP contribution in [0, 0.1) is 0 Å². The van der Waals surface area contributed by atoms with Crippen molar-refractivity contribution in [3.63, 3.8) is 0 Å². The molecule has 0 N–H and O–H groups in total. The van der Waals surface area contributed by atoms with Crippen molar-refractivity contribution in [2.24, 2.45) is 0 Å². The summed E-state index contributed by atoms with van der Waals surface area (Å²) in [6, 6.07) is 28.4. The van der Waals surface area contributed by atoms with Crippen molar-refractivity contribution in [3.8, 4) is 33.4 Å². The highest BCUT2D eigenvalue weighted by Crippen LogP contribution is 2.55. The van der Waals surface area contributed by atoms with Gasteiger partial charge in [-0.05, 0) is 89.7 Å². The Balaban J connectivity index is 1.64. The van der Waals surface area contributed by atoms with Gasteiger partial charge in [-0.2, -0.15) is 0 Å². The molecule has 0 unspecified atom stereocenters. The molecule has 38 heavy (non-hydrogen) atoms. The zero-order chi connectivity index (χ0) is 27.4. The lowest BCUT2D eigenvalue weighted by Crippen LogP contribution is -2.19. The van der Waals surface area contributed by atoms with Gasteiger partial charge in [0.15, 0.2) is 0 Å². The maximum absolute atomic E-state index is 2.50. The molecule has 4 aromatic carbocycles. The van der Waals surface area contributed by atoms with Gasteiger partial charge in [-0.3, -0.25) is 0 Å². The molecule has 0 amide bonds. The first-order valence-corrected chi connectivity index (χ1v) is 14.2. The van der Waals surface area contributed by atoms with E-state index in [0.717, 1.165) is 0 Å². The SMILES string of the molecule is CC(C)(C)c1ccc2c(c1)C(C)(C)c1cc(C(C)(C)C)cc(-c3ccc4c(c3)C(C)(C)c3ccccc3-4)c1-2. The average Bonchev–Trinajstić information content (AvgIpc) is 3.22. The van der Waals surface area contributed by atoms with E-state index in [4.69, 9.17) is 0 Å². The molecule has 0 saturated heterocycles. The van der Waals surface area contributed by atoms with Crippen molar-refractivity contribution in [3.05, 3.63) is 106 Å². The zero-order valence-corrected chi connectivity index (χ0v) is 24.9. The molecule has 0 heteroatoms. The molecule has 0 radical (unpaired) electrons. The lowest BCUT2D eigenvalue weighted by molar-refractivity contribution is 0.580. The van der Waals surface area contributed by atoms with Crippen LogP contribution >= 0.6 is 0 Å². The lowest BCUT2D eigenvalue weighted by Gasteiger charge is -2.28. The molecule has 194 valence electrons. The molecule has 0 saturated carbocycles. The molecule has 0 aromatic heterocycles. The average molecular weight is 499 g/mol. The molecule has 4 aromatic rings. The van der Waals surface area contributed by atoms with Crippen LogP contribution in [0.25, 0.3) is 33.4 Å². The normalized spacial score (nSPS) is 16.6. The summed E-state index contributed by atoms with van der Waals surface area (Å²) in [5.74, 6) is 0. The fraction of sp³-hybridized carbons (Fsp3) is 0.368. The van der Waals surface area contributed by atoms with E-state index in [0.29, 0.717) is 0 Å². The monoisotopic (exact) mass is 498 g/mol. The first-order valence-electron chi connectivity index (χ1n) is 14.2. The van der Waals surface area contributed by atoms with Crippen molar-refractivity contribution < 1.29 is 0 Å². The third-order valence-electron chi connectivity index (χ3n) is 9.40. The van der Waals surface area contributed by atoms with E-state index in [9.17, 15) is 0 Å². The highest BCUT2D eigenvalue weighted by Gasteiger charge is 2.40. The van der Waals surface area contributed by atoms with Crippen LogP contribution in [-0.4, -0.2) is 0 Å². The summed E-state index contributed by atoms with van der Waals surface area (Å²) in [5, 5.41) is 0. The van der Waals surface area contributed by atoms with Crippen LogP contribution in [0.4, 0.5) is 0 Å². The maximum Gasteiger partial charge on any atom is 0.0159 e. The van der Waals surface area contributed by atoms with Crippen LogP contribution in [0.15, 0.2) is 72.8 Å². The minimum atomic E-state index is -0.0474. The van der Waals surface area contributed by atoms with E-state index < -0.39 is 0 Å². The van der Waals surface area contributed by atoms with Crippen molar-refractivity contribution in [2.45, 2.75) is 90.9 Å². The van der Waals surface area contributed by atoms with Gasteiger partial charge in [0, 0.05) is 10.8 Å². The Kier molecular flexibility index (Phi) is 5.11. The third kappa shape index (κ3) is 3.49. The predicted molar refractivity (Wildman–Crippen MR) is 164 cm³/mol. The standard InChI is InChI=1S/C38H42/c1-35(2,3)24-16-18-28-32(21-24)38(9,10)33-22-25(36(4,5)6)20-29(34(28)33)23-15-17-27-26-13-11-12-14-30(26)37(7,8)31(27)19-23/h11-22H,1-10H3. The Hall–Kier alpha value is -3.12. The summed E-state index contributed by atoms with van der Waals surface area (Å²) < 4.78 is 0. The fourth-order valence-electron chi connectivity index (χ4n) is 6.85. The summed E-state index contributed by atoms with van der Waals surface area (Å²) in [4.78, 5) is 0. The number of hydrogen-bond donors (Lipinski definition) is 0. The van der Waals surface area contributed by atoms with Crippen molar-refractivity contribution in [1.82, 2.24) is 0 Å². The molecule has 0 nitrogen and oxygen atoms in total. The second-order valence-corrected chi connectivity index (χ2v) is 14.8. The van der Waals surface area contributed by atoms with Crippen molar-refractivity contribution in [1.29, 1.82) is 0 Å². The van der Waals surface area contributed by atoms with E-state index >= 15 is 0 Å². The Morgan fingerprint density at radius 2 is 1.00 bits per heavy atom. The molecule has 0 bridgehead atoms. The number of benzene rings is 4. The zero-order valence-electron chi connectivity index (χ0n) is 24.9. The highest BCUT2D eigenvalue weighted by molar-refractivity contribution is 5.94. The van der Waals surface area contributed by atoms with E-state index in [-0.39, 0.29) is 21.7 Å². The Labute approximate surface area is 230 Å². The van der Waals surface area contributed by atoms with E-state index in [1.165, 1.54) is 66.8 Å². The van der Waals surface area contributed by atoms with Crippen LogP contribution in [0.3, 0.4) is 0 Å². The summed E-state index contributed by atoms with van der Waals surface area (Å²) in [7, 11) is 0. The Bertz CT molecular complexity index is 1610. The highest BCUT2D eigenvalue weighted by atomic mass is 14.4. The number of rotatable bonds is 1. The fourth-order valence-corrected chi connectivity index (χ4v) is 6.85. The number of fused-ring (bicyclic) bond motifs is 6. The van der Waals surface area contributed by atoms with Gasteiger partial charge >= 0.3 is 0 Å². The van der Waals surface area contributed by atoms with Gasteiger partial charge in [0.2, 0.25) is 0 Å². The molecule has 0 aliphatic heterocycles. The Morgan fingerprint density at radius 3 is 1.68 bits per heavy atom. The molecule has 6 rings (SSSR count). The van der Waals surface area contributed by atoms with Crippen molar-refractivity contribution >= 4 is 0 Å². The Morgan fingerprint density at radius 1 is 0.447 bits per heavy atom. The molecule has 2 aliphatic rings. The quantitative estimate of drug-likeness (QED) is 0.245. The lowest BCUT2D eigenvalue weighted by atomic mass is 9.76. The molecule has 0 fully saturated rings. The molecular weight excluding hydrogens is 456 g/mol.